The van der Waals surface area contributed by atoms with E-state index >= 15 is 0 Å². The fourth-order valence-electron chi connectivity index (χ4n) is 2.14. The van der Waals surface area contributed by atoms with Gasteiger partial charge in [0.1, 0.15) is 5.82 Å². The average Bonchev–Trinajstić information content (AvgIpc) is 3.00. The maximum Gasteiger partial charge on any atom is 0.131 e. The van der Waals surface area contributed by atoms with Crippen LogP contribution in [0.4, 0.5) is 5.82 Å². The van der Waals surface area contributed by atoms with Gasteiger partial charge in [-0.25, -0.2) is 4.98 Å². The molecular weight excluding hydrogens is 268 g/mol. The third kappa shape index (κ3) is 2.81. The minimum atomic E-state index is 0.561. The molecule has 0 amide bonds. The van der Waals surface area contributed by atoms with Gasteiger partial charge >= 0.3 is 0 Å². The van der Waals surface area contributed by atoms with Crippen LogP contribution in [-0.4, -0.2) is 12.0 Å². The molecule has 2 heterocycles. The number of nitrogens with one attached hydrogen (secondary N) is 1. The van der Waals surface area contributed by atoms with Crippen LogP contribution in [0.2, 0.25) is 0 Å². The van der Waals surface area contributed by atoms with E-state index in [4.69, 9.17) is 4.74 Å². The van der Waals surface area contributed by atoms with E-state index in [2.05, 4.69) is 33.9 Å². The van der Waals surface area contributed by atoms with E-state index in [1.807, 2.05) is 31.3 Å². The highest BCUT2D eigenvalue weighted by Gasteiger charge is 2.06. The number of fused-ring (bicyclic) bond motifs is 1. The van der Waals surface area contributed by atoms with Crippen LogP contribution in [0.3, 0.4) is 0 Å². The van der Waals surface area contributed by atoms with Crippen molar-refractivity contribution in [3.8, 4) is 0 Å². The van der Waals surface area contributed by atoms with Gasteiger partial charge in [0.25, 0.3) is 0 Å². The molecule has 0 atom stereocenters. The minimum Gasteiger partial charge on any atom is -0.373 e. The average molecular weight is 284 g/mol. The summed E-state index contributed by atoms with van der Waals surface area (Å²) in [4.78, 5) is 5.86. The number of pyridine rings is 1. The standard InChI is InChI=1S/C16H16N2OS/c1-17-16-13(10-19-11-14-6-4-8-20-14)9-12-5-2-3-7-15(12)18-16/h2-9H,10-11H2,1H3,(H,17,18). The zero-order valence-corrected chi connectivity index (χ0v) is 12.1. The number of hydrogen-bond donors (Lipinski definition) is 1. The molecule has 3 aromatic rings. The van der Waals surface area contributed by atoms with Gasteiger partial charge in [0.2, 0.25) is 0 Å². The summed E-state index contributed by atoms with van der Waals surface area (Å²) < 4.78 is 5.79. The Kier molecular flexibility index (Phi) is 3.95. The topological polar surface area (TPSA) is 34.2 Å². The lowest BCUT2D eigenvalue weighted by atomic mass is 10.1. The van der Waals surface area contributed by atoms with Crippen LogP contribution in [-0.2, 0) is 18.0 Å². The molecule has 102 valence electrons. The van der Waals surface area contributed by atoms with Crippen molar-refractivity contribution in [2.45, 2.75) is 13.2 Å². The molecule has 0 aliphatic rings. The molecule has 4 heteroatoms. The van der Waals surface area contributed by atoms with Crippen LogP contribution in [0.15, 0.2) is 47.8 Å². The number of nitrogens with zero attached hydrogens (tertiary/aromatic N) is 1. The van der Waals surface area contributed by atoms with Gasteiger partial charge in [-0.05, 0) is 23.6 Å². The predicted octanol–water partition coefficient (Wildman–Crippen LogP) is 4.05. The molecule has 0 aliphatic carbocycles. The molecule has 3 rings (SSSR count). The Balaban J connectivity index is 1.78. The maximum atomic E-state index is 5.79. The van der Waals surface area contributed by atoms with Crippen molar-refractivity contribution < 1.29 is 4.74 Å². The van der Waals surface area contributed by atoms with Crippen LogP contribution in [0.25, 0.3) is 10.9 Å². The summed E-state index contributed by atoms with van der Waals surface area (Å²) >= 11 is 1.71. The molecule has 20 heavy (non-hydrogen) atoms. The SMILES string of the molecule is CNc1nc2ccccc2cc1COCc1cccs1. The van der Waals surface area contributed by atoms with Crippen LogP contribution < -0.4 is 5.32 Å². The molecule has 0 spiro atoms. The first kappa shape index (κ1) is 13.1. The summed E-state index contributed by atoms with van der Waals surface area (Å²) in [5, 5.41) is 6.35. The normalized spacial score (nSPS) is 10.8. The second-order valence-electron chi connectivity index (χ2n) is 4.51. The number of ether oxygens (including phenoxy) is 1. The second-order valence-corrected chi connectivity index (χ2v) is 5.54. The van der Waals surface area contributed by atoms with Gasteiger partial charge in [0, 0.05) is 22.9 Å². The van der Waals surface area contributed by atoms with Crippen molar-refractivity contribution in [2.75, 3.05) is 12.4 Å². The van der Waals surface area contributed by atoms with Gasteiger partial charge in [0.05, 0.1) is 18.7 Å². The Hall–Kier alpha value is -1.91. The Bertz CT molecular complexity index is 695. The Morgan fingerprint density at radius 1 is 1.15 bits per heavy atom. The van der Waals surface area contributed by atoms with Crippen LogP contribution in [0.5, 0.6) is 0 Å². The van der Waals surface area contributed by atoms with E-state index in [-0.39, 0.29) is 0 Å². The maximum absolute atomic E-state index is 5.79. The highest BCUT2D eigenvalue weighted by atomic mass is 32.1. The fourth-order valence-corrected chi connectivity index (χ4v) is 2.78. The van der Waals surface area contributed by atoms with E-state index in [9.17, 15) is 0 Å². The van der Waals surface area contributed by atoms with Crippen molar-refractivity contribution in [3.63, 3.8) is 0 Å². The molecular formula is C16H16N2OS. The van der Waals surface area contributed by atoms with Gasteiger partial charge in [-0.3, -0.25) is 0 Å². The van der Waals surface area contributed by atoms with Crippen LogP contribution in [0, 0.1) is 0 Å². The van der Waals surface area contributed by atoms with E-state index in [1.54, 1.807) is 11.3 Å². The van der Waals surface area contributed by atoms with E-state index < -0.39 is 0 Å². The molecule has 0 unspecified atom stereocenters. The molecule has 0 saturated carbocycles. The third-order valence-electron chi connectivity index (χ3n) is 3.12. The van der Waals surface area contributed by atoms with Gasteiger partial charge in [-0.1, -0.05) is 24.3 Å². The minimum absolute atomic E-state index is 0.561. The quantitative estimate of drug-likeness (QED) is 0.767. The summed E-state index contributed by atoms with van der Waals surface area (Å²) in [7, 11) is 1.89. The zero-order chi connectivity index (χ0) is 13.8. The zero-order valence-electron chi connectivity index (χ0n) is 11.3. The lowest BCUT2D eigenvalue weighted by molar-refractivity contribution is 0.109. The summed E-state index contributed by atoms with van der Waals surface area (Å²) in [6, 6.07) is 14.4. The Morgan fingerprint density at radius 2 is 2.05 bits per heavy atom. The molecule has 1 aromatic carbocycles. The van der Waals surface area contributed by atoms with Gasteiger partial charge in [0.15, 0.2) is 0 Å². The second kappa shape index (κ2) is 6.03. The third-order valence-corrected chi connectivity index (χ3v) is 3.97. The number of hydrogen-bond acceptors (Lipinski definition) is 4. The van der Waals surface area contributed by atoms with Crippen molar-refractivity contribution >= 4 is 28.1 Å². The van der Waals surface area contributed by atoms with Crippen molar-refractivity contribution in [1.29, 1.82) is 0 Å². The molecule has 1 N–H and O–H groups in total. The van der Waals surface area contributed by atoms with Gasteiger partial charge in [-0.2, -0.15) is 0 Å². The molecule has 0 fully saturated rings. The molecule has 2 aromatic heterocycles. The van der Waals surface area contributed by atoms with Crippen molar-refractivity contribution in [3.05, 3.63) is 58.3 Å². The first-order valence-electron chi connectivity index (χ1n) is 6.53. The van der Waals surface area contributed by atoms with Gasteiger partial charge in [-0.15, -0.1) is 11.3 Å². The molecule has 0 saturated heterocycles. The number of aromatic nitrogens is 1. The number of rotatable bonds is 5. The smallest absolute Gasteiger partial charge is 0.131 e. The lowest BCUT2D eigenvalue weighted by Gasteiger charge is -2.10. The summed E-state index contributed by atoms with van der Waals surface area (Å²) in [6.45, 7) is 1.21. The number of para-hydroxylation sites is 1. The largest absolute Gasteiger partial charge is 0.373 e. The highest BCUT2D eigenvalue weighted by molar-refractivity contribution is 7.09. The molecule has 3 nitrogen and oxygen atoms in total. The monoisotopic (exact) mass is 284 g/mol. The summed E-state index contributed by atoms with van der Waals surface area (Å²) in [6.07, 6.45) is 0. The molecule has 0 radical (unpaired) electrons. The first-order valence-corrected chi connectivity index (χ1v) is 7.41. The Labute approximate surface area is 122 Å². The van der Waals surface area contributed by atoms with E-state index in [1.165, 1.54) is 4.88 Å². The Morgan fingerprint density at radius 3 is 2.85 bits per heavy atom. The summed E-state index contributed by atoms with van der Waals surface area (Å²) in [5.41, 5.74) is 2.08. The van der Waals surface area contributed by atoms with Crippen molar-refractivity contribution in [1.82, 2.24) is 4.98 Å². The molecule has 0 bridgehead atoms. The van der Waals surface area contributed by atoms with Crippen LogP contribution in [0.1, 0.15) is 10.4 Å². The number of benzene rings is 1. The van der Waals surface area contributed by atoms with E-state index in [0.29, 0.717) is 13.2 Å². The number of thiophene rings is 1. The van der Waals surface area contributed by atoms with Crippen molar-refractivity contribution in [2.24, 2.45) is 0 Å². The number of anilines is 1. The molecule has 0 aliphatic heterocycles. The lowest BCUT2D eigenvalue weighted by Crippen LogP contribution is -2.01. The summed E-state index contributed by atoms with van der Waals surface area (Å²) in [5.74, 6) is 0.884. The highest BCUT2D eigenvalue weighted by Crippen LogP contribution is 2.21. The van der Waals surface area contributed by atoms with Gasteiger partial charge < -0.3 is 10.1 Å². The fraction of sp³-hybridized carbons (Fsp3) is 0.188. The van der Waals surface area contributed by atoms with E-state index in [0.717, 1.165) is 22.3 Å². The predicted molar refractivity (Wildman–Crippen MR) is 84.1 cm³/mol. The first-order chi connectivity index (χ1) is 9.86. The van der Waals surface area contributed by atoms with Crippen LogP contribution >= 0.6 is 11.3 Å².